The molecule has 0 aliphatic rings. The molecule has 0 aliphatic heterocycles. The van der Waals surface area contributed by atoms with E-state index in [0.717, 1.165) is 11.3 Å². The summed E-state index contributed by atoms with van der Waals surface area (Å²) in [5.41, 5.74) is 2.08. The fraction of sp³-hybridized carbons (Fsp3) is 0.250. The van der Waals surface area contributed by atoms with E-state index in [1.807, 2.05) is 58.0 Å². The summed E-state index contributed by atoms with van der Waals surface area (Å²) in [6, 6.07) is 14.5. The summed E-state index contributed by atoms with van der Waals surface area (Å²) in [7, 11) is -3.85. The molecule has 0 fully saturated rings. The fourth-order valence-electron chi connectivity index (χ4n) is 2.69. The molecular weight excluding hydrogens is 382 g/mol. The summed E-state index contributed by atoms with van der Waals surface area (Å²) in [6.45, 7) is 7.64. The van der Waals surface area contributed by atoms with E-state index in [0.29, 0.717) is 16.4 Å². The Hall–Kier alpha value is -2.31. The van der Waals surface area contributed by atoms with Gasteiger partial charge in [-0.2, -0.15) is 5.10 Å². The summed E-state index contributed by atoms with van der Waals surface area (Å²) in [6.07, 6.45) is 1.55. The number of anilines is 1. The lowest BCUT2D eigenvalue weighted by molar-refractivity contribution is 0.543. The topological polar surface area (TPSA) is 64.0 Å². The Labute approximate surface area is 165 Å². The van der Waals surface area contributed by atoms with Crippen LogP contribution in [0.5, 0.6) is 0 Å². The molecular formula is C20H22ClN3O2S. The molecule has 1 heterocycles. The number of nitrogens with one attached hydrogen (secondary N) is 1. The predicted molar refractivity (Wildman–Crippen MR) is 109 cm³/mol. The van der Waals surface area contributed by atoms with Crippen molar-refractivity contribution in [1.82, 2.24) is 9.78 Å². The maximum absolute atomic E-state index is 13.2. The van der Waals surface area contributed by atoms with Crippen LogP contribution < -0.4 is 4.72 Å². The van der Waals surface area contributed by atoms with E-state index in [-0.39, 0.29) is 4.90 Å². The van der Waals surface area contributed by atoms with Crippen LogP contribution in [0.4, 0.5) is 5.69 Å². The Morgan fingerprint density at radius 2 is 1.74 bits per heavy atom. The molecule has 0 aliphatic carbocycles. The van der Waals surface area contributed by atoms with E-state index >= 15 is 0 Å². The number of sulfonamides is 1. The van der Waals surface area contributed by atoms with Gasteiger partial charge in [-0.1, -0.05) is 56.6 Å². The first-order valence-corrected chi connectivity index (χ1v) is 10.4. The molecule has 3 rings (SSSR count). The minimum Gasteiger partial charge on any atom is -0.279 e. The second-order valence-corrected chi connectivity index (χ2v) is 9.52. The summed E-state index contributed by atoms with van der Waals surface area (Å²) in [4.78, 5) is 0.151. The zero-order valence-corrected chi connectivity index (χ0v) is 17.3. The van der Waals surface area contributed by atoms with Crippen LogP contribution in [0, 0.1) is 6.92 Å². The molecule has 0 saturated carbocycles. The largest absolute Gasteiger partial charge is 0.279 e. The zero-order valence-electron chi connectivity index (χ0n) is 15.7. The number of nitrogens with zero attached hydrogens (tertiary/aromatic N) is 2. The van der Waals surface area contributed by atoms with Gasteiger partial charge >= 0.3 is 0 Å². The standard InChI is InChI=1S/C20H22ClN3O2S/c1-14-10-11-15(21)12-17(14)23-27(25,26)18-13-24(16-8-6-5-7-9-16)22-19(18)20(2,3)4/h5-13,23H,1-4H3. The number of rotatable bonds is 4. The number of aryl methyl sites for hydroxylation is 1. The van der Waals surface area contributed by atoms with E-state index < -0.39 is 15.4 Å². The Morgan fingerprint density at radius 3 is 2.37 bits per heavy atom. The SMILES string of the molecule is Cc1ccc(Cl)cc1NS(=O)(=O)c1cn(-c2ccccc2)nc1C(C)(C)C. The van der Waals surface area contributed by atoms with Crippen molar-refractivity contribution in [2.75, 3.05) is 4.72 Å². The monoisotopic (exact) mass is 403 g/mol. The van der Waals surface area contributed by atoms with Crippen molar-refractivity contribution >= 4 is 27.3 Å². The molecule has 0 unspecified atom stereocenters. The smallest absolute Gasteiger partial charge is 0.265 e. The van der Waals surface area contributed by atoms with Gasteiger partial charge in [0.15, 0.2) is 0 Å². The van der Waals surface area contributed by atoms with Crippen molar-refractivity contribution in [3.8, 4) is 5.69 Å². The second-order valence-electron chi connectivity index (χ2n) is 7.44. The van der Waals surface area contributed by atoms with Gasteiger partial charge in [-0.3, -0.25) is 4.72 Å². The van der Waals surface area contributed by atoms with Gasteiger partial charge in [0.05, 0.1) is 23.3 Å². The molecule has 1 aromatic heterocycles. The Morgan fingerprint density at radius 1 is 1.07 bits per heavy atom. The van der Waals surface area contributed by atoms with Crippen LogP contribution in [0.2, 0.25) is 5.02 Å². The van der Waals surface area contributed by atoms with Crippen LogP contribution in [0.15, 0.2) is 59.6 Å². The molecule has 7 heteroatoms. The molecule has 142 valence electrons. The van der Waals surface area contributed by atoms with Gasteiger partial charge in [-0.05, 0) is 36.8 Å². The predicted octanol–water partition coefficient (Wildman–Crippen LogP) is 4.93. The molecule has 0 spiro atoms. The van der Waals surface area contributed by atoms with E-state index in [4.69, 9.17) is 11.6 Å². The average Bonchev–Trinajstić information content (AvgIpc) is 3.05. The molecule has 5 nitrogen and oxygen atoms in total. The highest BCUT2D eigenvalue weighted by Gasteiger charge is 2.30. The normalized spacial score (nSPS) is 12.2. The minimum absolute atomic E-state index is 0.151. The first-order chi connectivity index (χ1) is 12.6. The third kappa shape index (κ3) is 4.17. The van der Waals surface area contributed by atoms with Crippen molar-refractivity contribution in [1.29, 1.82) is 0 Å². The molecule has 3 aromatic rings. The van der Waals surface area contributed by atoms with E-state index in [2.05, 4.69) is 9.82 Å². The molecule has 0 bridgehead atoms. The second kappa shape index (κ2) is 7.02. The molecule has 2 aromatic carbocycles. The van der Waals surface area contributed by atoms with Crippen molar-refractivity contribution in [3.05, 3.63) is 71.0 Å². The Kier molecular flexibility index (Phi) is 5.06. The third-order valence-electron chi connectivity index (χ3n) is 4.15. The lowest BCUT2D eigenvalue weighted by Gasteiger charge is -2.18. The summed E-state index contributed by atoms with van der Waals surface area (Å²) in [5.74, 6) is 0. The molecule has 0 saturated heterocycles. The highest BCUT2D eigenvalue weighted by molar-refractivity contribution is 7.92. The first-order valence-electron chi connectivity index (χ1n) is 8.52. The van der Waals surface area contributed by atoms with Gasteiger partial charge in [0, 0.05) is 10.4 Å². The third-order valence-corrected chi connectivity index (χ3v) is 5.75. The number of hydrogen-bond donors (Lipinski definition) is 1. The Balaban J connectivity index is 2.11. The van der Waals surface area contributed by atoms with Gasteiger partial charge in [-0.15, -0.1) is 0 Å². The van der Waals surface area contributed by atoms with Gasteiger partial charge in [-0.25, -0.2) is 13.1 Å². The number of halogens is 1. The van der Waals surface area contributed by atoms with Gasteiger partial charge in [0.2, 0.25) is 0 Å². The Bertz CT molecular complexity index is 1070. The van der Waals surface area contributed by atoms with E-state index in [1.54, 1.807) is 29.1 Å². The highest BCUT2D eigenvalue weighted by atomic mass is 35.5. The van der Waals surface area contributed by atoms with Crippen molar-refractivity contribution in [3.63, 3.8) is 0 Å². The summed E-state index contributed by atoms with van der Waals surface area (Å²) >= 11 is 6.03. The summed E-state index contributed by atoms with van der Waals surface area (Å²) in [5, 5.41) is 5.04. The van der Waals surface area contributed by atoms with Crippen molar-refractivity contribution in [2.45, 2.75) is 38.0 Å². The number of benzene rings is 2. The first kappa shape index (κ1) is 19.5. The van der Waals surface area contributed by atoms with Gasteiger partial charge in [0.25, 0.3) is 10.0 Å². The van der Waals surface area contributed by atoms with Crippen LogP contribution in [-0.2, 0) is 15.4 Å². The minimum atomic E-state index is -3.85. The maximum atomic E-state index is 13.2. The lowest BCUT2D eigenvalue weighted by Crippen LogP contribution is -2.20. The van der Waals surface area contributed by atoms with Crippen LogP contribution >= 0.6 is 11.6 Å². The molecule has 0 atom stereocenters. The molecule has 1 N–H and O–H groups in total. The van der Waals surface area contributed by atoms with Gasteiger partial charge < -0.3 is 0 Å². The van der Waals surface area contributed by atoms with Gasteiger partial charge in [0.1, 0.15) is 4.90 Å². The quantitative estimate of drug-likeness (QED) is 0.671. The average molecular weight is 404 g/mol. The van der Waals surface area contributed by atoms with Crippen molar-refractivity contribution in [2.24, 2.45) is 0 Å². The maximum Gasteiger partial charge on any atom is 0.265 e. The zero-order chi connectivity index (χ0) is 19.8. The molecule has 0 radical (unpaired) electrons. The van der Waals surface area contributed by atoms with Crippen LogP contribution in [0.25, 0.3) is 5.69 Å². The summed E-state index contributed by atoms with van der Waals surface area (Å²) < 4.78 is 30.6. The molecule has 27 heavy (non-hydrogen) atoms. The number of para-hydroxylation sites is 1. The van der Waals surface area contributed by atoms with Crippen LogP contribution in [0.3, 0.4) is 0 Å². The molecule has 0 amide bonds. The fourth-order valence-corrected chi connectivity index (χ4v) is 4.32. The van der Waals surface area contributed by atoms with Crippen LogP contribution in [0.1, 0.15) is 32.0 Å². The highest BCUT2D eigenvalue weighted by Crippen LogP contribution is 2.31. The lowest BCUT2D eigenvalue weighted by atomic mass is 9.92. The van der Waals surface area contributed by atoms with E-state index in [9.17, 15) is 8.42 Å². The number of aromatic nitrogens is 2. The van der Waals surface area contributed by atoms with E-state index in [1.165, 1.54) is 0 Å². The van der Waals surface area contributed by atoms with Crippen LogP contribution in [-0.4, -0.2) is 18.2 Å². The number of hydrogen-bond acceptors (Lipinski definition) is 3. The van der Waals surface area contributed by atoms with Crippen molar-refractivity contribution < 1.29 is 8.42 Å².